The predicted molar refractivity (Wildman–Crippen MR) is 118 cm³/mol. The third-order valence-electron chi connectivity index (χ3n) is 9.88. The SMILES string of the molecule is CC1(OC(=O)CN2CCOCC2)CC[C@H]2C3CCC4=CC(=O)C=C[C@]4(C)[C@H]3CC[C@@]21C. The van der Waals surface area contributed by atoms with E-state index in [4.69, 9.17) is 9.47 Å². The molecule has 3 saturated carbocycles. The molecule has 1 saturated heterocycles. The number of rotatable bonds is 3. The predicted octanol–water partition coefficient (Wildman–Crippen LogP) is 3.93. The van der Waals surface area contributed by atoms with Gasteiger partial charge in [0.05, 0.1) is 19.8 Å². The van der Waals surface area contributed by atoms with E-state index in [1.165, 1.54) is 5.57 Å². The lowest BCUT2D eigenvalue weighted by molar-refractivity contribution is -0.181. The highest BCUT2D eigenvalue weighted by Crippen LogP contribution is 2.67. The van der Waals surface area contributed by atoms with E-state index in [2.05, 4.69) is 31.7 Å². The molecule has 5 aliphatic rings. The van der Waals surface area contributed by atoms with Crippen molar-refractivity contribution in [3.05, 3.63) is 23.8 Å². The first-order chi connectivity index (χ1) is 14.8. The van der Waals surface area contributed by atoms with Crippen molar-refractivity contribution >= 4 is 11.8 Å². The van der Waals surface area contributed by atoms with Gasteiger partial charge < -0.3 is 9.47 Å². The molecule has 0 aromatic rings. The van der Waals surface area contributed by atoms with Gasteiger partial charge >= 0.3 is 5.97 Å². The van der Waals surface area contributed by atoms with Crippen molar-refractivity contribution < 1.29 is 19.1 Å². The molecule has 4 aliphatic carbocycles. The number of ether oxygens (including phenoxy) is 2. The summed E-state index contributed by atoms with van der Waals surface area (Å²) in [6.07, 6.45) is 12.4. The quantitative estimate of drug-likeness (QED) is 0.639. The average Bonchev–Trinajstić information content (AvgIpc) is 3.00. The number of ketones is 1. The third kappa shape index (κ3) is 3.34. The van der Waals surface area contributed by atoms with E-state index in [1.54, 1.807) is 6.08 Å². The van der Waals surface area contributed by atoms with Crippen LogP contribution in [0.3, 0.4) is 0 Å². The Balaban J connectivity index is 1.33. The zero-order chi connectivity index (χ0) is 21.9. The van der Waals surface area contributed by atoms with E-state index in [9.17, 15) is 9.59 Å². The minimum absolute atomic E-state index is 0.0180. The standard InChI is InChI=1S/C26H37NO4/c1-24-9-6-19(28)16-18(24)4-5-20-21(24)7-10-25(2)22(20)8-11-26(25,3)31-23(29)17-27-12-14-30-15-13-27/h6,9,16,20-22H,4-5,7-8,10-15,17H2,1-3H3/t20?,21-,22-,24-,25-,26?/m0/s1. The van der Waals surface area contributed by atoms with E-state index >= 15 is 0 Å². The first kappa shape index (κ1) is 21.4. The van der Waals surface area contributed by atoms with Gasteiger partial charge in [-0.1, -0.05) is 25.5 Å². The van der Waals surface area contributed by atoms with Crippen LogP contribution in [0.4, 0.5) is 0 Å². The Bertz CT molecular complexity index is 827. The Morgan fingerprint density at radius 3 is 2.65 bits per heavy atom. The summed E-state index contributed by atoms with van der Waals surface area (Å²) in [7, 11) is 0. The molecular weight excluding hydrogens is 390 g/mol. The molecule has 5 heteroatoms. The summed E-state index contributed by atoms with van der Waals surface area (Å²) in [5, 5.41) is 0. The number of carbonyl (C=O) groups excluding carboxylic acids is 2. The number of nitrogens with zero attached hydrogens (tertiary/aromatic N) is 1. The van der Waals surface area contributed by atoms with Crippen LogP contribution in [0.2, 0.25) is 0 Å². The number of hydrogen-bond acceptors (Lipinski definition) is 5. The maximum atomic E-state index is 12.9. The molecule has 6 atom stereocenters. The van der Waals surface area contributed by atoms with Crippen molar-refractivity contribution in [3.63, 3.8) is 0 Å². The monoisotopic (exact) mass is 427 g/mol. The summed E-state index contributed by atoms with van der Waals surface area (Å²) in [4.78, 5) is 27.0. The van der Waals surface area contributed by atoms with Gasteiger partial charge in [0.15, 0.2) is 5.78 Å². The van der Waals surface area contributed by atoms with E-state index in [1.807, 2.05) is 6.08 Å². The first-order valence-corrected chi connectivity index (χ1v) is 12.2. The summed E-state index contributed by atoms with van der Waals surface area (Å²) >= 11 is 0. The molecular formula is C26H37NO4. The molecule has 31 heavy (non-hydrogen) atoms. The molecule has 0 spiro atoms. The largest absolute Gasteiger partial charge is 0.458 e. The molecule has 5 nitrogen and oxygen atoms in total. The summed E-state index contributed by atoms with van der Waals surface area (Å²) in [6, 6.07) is 0. The van der Waals surface area contributed by atoms with Gasteiger partial charge in [0.25, 0.3) is 0 Å². The number of morpholine rings is 1. The van der Waals surface area contributed by atoms with Crippen molar-refractivity contribution in [2.45, 2.75) is 64.9 Å². The molecule has 0 aromatic carbocycles. The minimum atomic E-state index is -0.388. The Labute approximate surface area is 186 Å². The van der Waals surface area contributed by atoms with Gasteiger partial charge in [0.2, 0.25) is 0 Å². The fourth-order valence-corrected chi connectivity index (χ4v) is 7.82. The Morgan fingerprint density at radius 2 is 1.87 bits per heavy atom. The molecule has 1 heterocycles. The van der Waals surface area contributed by atoms with E-state index in [0.717, 1.165) is 51.6 Å². The first-order valence-electron chi connectivity index (χ1n) is 12.2. The molecule has 0 bridgehead atoms. The van der Waals surface area contributed by atoms with Crippen LogP contribution >= 0.6 is 0 Å². The van der Waals surface area contributed by atoms with Gasteiger partial charge in [-0.2, -0.15) is 0 Å². The molecule has 5 rings (SSSR count). The van der Waals surface area contributed by atoms with Crippen LogP contribution in [0.1, 0.15) is 59.3 Å². The molecule has 1 aliphatic heterocycles. The van der Waals surface area contributed by atoms with Crippen LogP contribution in [-0.2, 0) is 19.1 Å². The Hall–Kier alpha value is -1.46. The van der Waals surface area contributed by atoms with Gasteiger partial charge in [-0.05, 0) is 75.4 Å². The lowest BCUT2D eigenvalue weighted by Crippen LogP contribution is -2.55. The lowest BCUT2D eigenvalue weighted by atomic mass is 9.47. The van der Waals surface area contributed by atoms with Crippen LogP contribution in [0, 0.1) is 28.6 Å². The molecule has 2 unspecified atom stereocenters. The van der Waals surface area contributed by atoms with Crippen molar-refractivity contribution in [3.8, 4) is 0 Å². The molecule has 4 fully saturated rings. The highest BCUT2D eigenvalue weighted by Gasteiger charge is 2.64. The maximum absolute atomic E-state index is 12.9. The summed E-state index contributed by atoms with van der Waals surface area (Å²) in [5.74, 6) is 1.87. The Morgan fingerprint density at radius 1 is 1.13 bits per heavy atom. The third-order valence-corrected chi connectivity index (χ3v) is 9.88. The summed E-state index contributed by atoms with van der Waals surface area (Å²) < 4.78 is 11.7. The number of fused-ring (bicyclic) bond motifs is 5. The number of hydrogen-bond donors (Lipinski definition) is 0. The second-order valence-corrected chi connectivity index (χ2v) is 11.2. The summed E-state index contributed by atoms with van der Waals surface area (Å²) in [6.45, 7) is 10.3. The second-order valence-electron chi connectivity index (χ2n) is 11.2. The fraction of sp³-hybridized carbons (Fsp3) is 0.769. The number of esters is 1. The van der Waals surface area contributed by atoms with Gasteiger partial charge in [0, 0.05) is 23.9 Å². The van der Waals surface area contributed by atoms with Crippen molar-refractivity contribution in [1.82, 2.24) is 4.90 Å². The molecule has 0 N–H and O–H groups in total. The van der Waals surface area contributed by atoms with Crippen molar-refractivity contribution in [1.29, 1.82) is 0 Å². The normalized spacial score (nSPS) is 44.8. The van der Waals surface area contributed by atoms with Crippen LogP contribution in [0.5, 0.6) is 0 Å². The zero-order valence-electron chi connectivity index (χ0n) is 19.3. The highest BCUT2D eigenvalue weighted by molar-refractivity contribution is 6.01. The average molecular weight is 428 g/mol. The fourth-order valence-electron chi connectivity index (χ4n) is 7.82. The zero-order valence-corrected chi connectivity index (χ0v) is 19.3. The van der Waals surface area contributed by atoms with Gasteiger partial charge in [-0.3, -0.25) is 14.5 Å². The molecule has 0 aromatic heterocycles. The van der Waals surface area contributed by atoms with Crippen LogP contribution in [0.25, 0.3) is 0 Å². The van der Waals surface area contributed by atoms with E-state index < -0.39 is 0 Å². The highest BCUT2D eigenvalue weighted by atomic mass is 16.6. The lowest BCUT2D eigenvalue weighted by Gasteiger charge is -2.58. The topological polar surface area (TPSA) is 55.8 Å². The van der Waals surface area contributed by atoms with Crippen molar-refractivity contribution in [2.24, 2.45) is 28.6 Å². The summed E-state index contributed by atoms with van der Waals surface area (Å²) in [5.41, 5.74) is 0.995. The van der Waals surface area contributed by atoms with Crippen LogP contribution < -0.4 is 0 Å². The van der Waals surface area contributed by atoms with Gasteiger partial charge in [0.1, 0.15) is 5.60 Å². The van der Waals surface area contributed by atoms with E-state index in [0.29, 0.717) is 37.5 Å². The smallest absolute Gasteiger partial charge is 0.320 e. The van der Waals surface area contributed by atoms with Crippen LogP contribution in [0.15, 0.2) is 23.8 Å². The van der Waals surface area contributed by atoms with E-state index in [-0.39, 0.29) is 28.2 Å². The Kier molecular flexibility index (Phi) is 5.21. The molecule has 0 amide bonds. The second kappa shape index (κ2) is 7.55. The van der Waals surface area contributed by atoms with Gasteiger partial charge in [-0.25, -0.2) is 0 Å². The molecule has 170 valence electrons. The number of allylic oxidation sites excluding steroid dienone is 4. The van der Waals surface area contributed by atoms with Gasteiger partial charge in [-0.15, -0.1) is 0 Å². The van der Waals surface area contributed by atoms with Crippen molar-refractivity contribution in [2.75, 3.05) is 32.8 Å². The minimum Gasteiger partial charge on any atom is -0.458 e. The van der Waals surface area contributed by atoms with Crippen LogP contribution in [-0.4, -0.2) is 55.1 Å². The number of carbonyl (C=O) groups is 2. The molecule has 0 radical (unpaired) electrons. The maximum Gasteiger partial charge on any atom is 0.320 e.